The van der Waals surface area contributed by atoms with E-state index < -0.39 is 0 Å². The molecule has 0 spiro atoms. The van der Waals surface area contributed by atoms with Crippen LogP contribution in [0.2, 0.25) is 0 Å². The number of pyridine rings is 1. The number of hydrogen-bond donors (Lipinski definition) is 0. The van der Waals surface area contributed by atoms with E-state index in [9.17, 15) is 4.79 Å². The lowest BCUT2D eigenvalue weighted by molar-refractivity contribution is 0.0415. The molecular weight excluding hydrogens is 244 g/mol. The second kappa shape index (κ2) is 5.57. The van der Waals surface area contributed by atoms with Crippen molar-refractivity contribution in [2.24, 2.45) is 0 Å². The van der Waals surface area contributed by atoms with Gasteiger partial charge in [0.1, 0.15) is 0 Å². The Labute approximate surface area is 113 Å². The standard InChI is InChI=1S/C14H20N2O3/c1-14(2,3)12-5-4-11(10-15-12)19-13(17)16-6-8-18-9-7-16/h4-5,10H,6-9H2,1-3H3. The summed E-state index contributed by atoms with van der Waals surface area (Å²) in [6.45, 7) is 8.56. The number of nitrogens with zero attached hydrogens (tertiary/aromatic N) is 2. The normalized spacial score (nSPS) is 16.3. The number of aromatic nitrogens is 1. The van der Waals surface area contributed by atoms with Gasteiger partial charge < -0.3 is 14.4 Å². The van der Waals surface area contributed by atoms with Crippen molar-refractivity contribution >= 4 is 6.09 Å². The van der Waals surface area contributed by atoms with Crippen LogP contribution in [0.3, 0.4) is 0 Å². The molecule has 2 heterocycles. The molecule has 0 saturated carbocycles. The minimum absolute atomic E-state index is 0.00719. The minimum Gasteiger partial charge on any atom is -0.409 e. The molecule has 0 N–H and O–H groups in total. The fraction of sp³-hybridized carbons (Fsp3) is 0.571. The third-order valence-corrected chi connectivity index (χ3v) is 2.98. The molecule has 0 atom stereocenters. The monoisotopic (exact) mass is 264 g/mol. The molecular formula is C14H20N2O3. The summed E-state index contributed by atoms with van der Waals surface area (Å²) in [5.41, 5.74) is 0.964. The molecule has 1 aromatic heterocycles. The molecule has 5 heteroatoms. The van der Waals surface area contributed by atoms with Crippen LogP contribution in [0, 0.1) is 0 Å². The highest BCUT2D eigenvalue weighted by atomic mass is 16.6. The number of morpholine rings is 1. The molecule has 1 aliphatic rings. The second-order valence-corrected chi connectivity index (χ2v) is 5.60. The van der Waals surface area contributed by atoms with Gasteiger partial charge in [-0.25, -0.2) is 4.79 Å². The van der Waals surface area contributed by atoms with Crippen LogP contribution in [0.1, 0.15) is 26.5 Å². The number of carbonyl (C=O) groups excluding carboxylic acids is 1. The molecule has 2 rings (SSSR count). The Bertz CT molecular complexity index is 431. The maximum absolute atomic E-state index is 11.9. The minimum atomic E-state index is -0.339. The second-order valence-electron chi connectivity index (χ2n) is 5.60. The first kappa shape index (κ1) is 13.8. The maximum Gasteiger partial charge on any atom is 0.415 e. The van der Waals surface area contributed by atoms with Crippen LogP contribution < -0.4 is 4.74 Å². The zero-order valence-corrected chi connectivity index (χ0v) is 11.7. The van der Waals surface area contributed by atoms with Crippen molar-refractivity contribution in [2.75, 3.05) is 26.3 Å². The highest BCUT2D eigenvalue weighted by Crippen LogP contribution is 2.21. The smallest absolute Gasteiger partial charge is 0.409 e. The lowest BCUT2D eigenvalue weighted by atomic mass is 9.92. The average molecular weight is 264 g/mol. The molecule has 0 unspecified atom stereocenters. The Balaban J connectivity index is 1.97. The number of carbonyl (C=O) groups is 1. The summed E-state index contributed by atoms with van der Waals surface area (Å²) in [4.78, 5) is 17.8. The van der Waals surface area contributed by atoms with Gasteiger partial charge in [-0.15, -0.1) is 0 Å². The van der Waals surface area contributed by atoms with E-state index in [2.05, 4.69) is 25.8 Å². The molecule has 1 fully saturated rings. The molecule has 1 aliphatic heterocycles. The molecule has 1 amide bonds. The van der Waals surface area contributed by atoms with Crippen molar-refractivity contribution in [3.8, 4) is 5.75 Å². The zero-order chi connectivity index (χ0) is 13.9. The molecule has 0 aliphatic carbocycles. The first-order chi connectivity index (χ1) is 8.97. The summed E-state index contributed by atoms with van der Waals surface area (Å²) in [7, 11) is 0. The lowest BCUT2D eigenvalue weighted by Gasteiger charge is -2.25. The van der Waals surface area contributed by atoms with Crippen molar-refractivity contribution in [1.82, 2.24) is 9.88 Å². The van der Waals surface area contributed by atoms with E-state index in [0.29, 0.717) is 32.1 Å². The van der Waals surface area contributed by atoms with Crippen LogP contribution >= 0.6 is 0 Å². The quantitative estimate of drug-likeness (QED) is 0.780. The first-order valence-corrected chi connectivity index (χ1v) is 6.48. The van der Waals surface area contributed by atoms with E-state index >= 15 is 0 Å². The van der Waals surface area contributed by atoms with Crippen LogP contribution in [0.4, 0.5) is 4.79 Å². The van der Waals surface area contributed by atoms with Gasteiger partial charge in [0.2, 0.25) is 0 Å². The summed E-state index contributed by atoms with van der Waals surface area (Å²) in [5.74, 6) is 0.476. The summed E-state index contributed by atoms with van der Waals surface area (Å²) < 4.78 is 10.5. The van der Waals surface area contributed by atoms with Crippen molar-refractivity contribution in [3.63, 3.8) is 0 Å². The molecule has 1 aromatic rings. The van der Waals surface area contributed by atoms with Crippen LogP contribution in [0.25, 0.3) is 0 Å². The Morgan fingerprint density at radius 3 is 2.53 bits per heavy atom. The Morgan fingerprint density at radius 2 is 2.00 bits per heavy atom. The molecule has 0 aromatic carbocycles. The maximum atomic E-state index is 11.9. The number of hydrogen-bond acceptors (Lipinski definition) is 4. The summed E-state index contributed by atoms with van der Waals surface area (Å²) in [6, 6.07) is 3.67. The van der Waals surface area contributed by atoms with Gasteiger partial charge in [0, 0.05) is 24.2 Å². The van der Waals surface area contributed by atoms with Crippen molar-refractivity contribution in [2.45, 2.75) is 26.2 Å². The molecule has 104 valence electrons. The molecule has 5 nitrogen and oxygen atoms in total. The van der Waals surface area contributed by atoms with Gasteiger partial charge in [0.05, 0.1) is 19.4 Å². The Kier molecular flexibility index (Phi) is 4.04. The van der Waals surface area contributed by atoms with Gasteiger partial charge >= 0.3 is 6.09 Å². The van der Waals surface area contributed by atoms with Crippen molar-refractivity contribution < 1.29 is 14.3 Å². The van der Waals surface area contributed by atoms with Crippen LogP contribution in [0.15, 0.2) is 18.3 Å². The highest BCUT2D eigenvalue weighted by molar-refractivity contribution is 5.70. The van der Waals surface area contributed by atoms with E-state index in [0.717, 1.165) is 5.69 Å². The van der Waals surface area contributed by atoms with Gasteiger partial charge in [-0.1, -0.05) is 20.8 Å². The first-order valence-electron chi connectivity index (χ1n) is 6.48. The number of rotatable bonds is 1. The summed E-state index contributed by atoms with van der Waals surface area (Å²) >= 11 is 0. The van der Waals surface area contributed by atoms with Crippen molar-refractivity contribution in [1.29, 1.82) is 0 Å². The third-order valence-electron chi connectivity index (χ3n) is 2.98. The topological polar surface area (TPSA) is 51.7 Å². The van der Waals surface area contributed by atoms with E-state index in [1.807, 2.05) is 6.07 Å². The summed E-state index contributed by atoms with van der Waals surface area (Å²) in [6.07, 6.45) is 1.26. The van der Waals surface area contributed by atoms with E-state index in [1.54, 1.807) is 17.2 Å². The van der Waals surface area contributed by atoms with Gasteiger partial charge in [-0.3, -0.25) is 4.98 Å². The predicted molar refractivity (Wildman–Crippen MR) is 71.4 cm³/mol. The zero-order valence-electron chi connectivity index (χ0n) is 11.7. The van der Waals surface area contributed by atoms with Gasteiger partial charge in [-0.05, 0) is 12.1 Å². The summed E-state index contributed by atoms with van der Waals surface area (Å²) in [5, 5.41) is 0. The number of ether oxygens (including phenoxy) is 2. The lowest BCUT2D eigenvalue weighted by Crippen LogP contribution is -2.42. The molecule has 19 heavy (non-hydrogen) atoms. The van der Waals surface area contributed by atoms with Crippen molar-refractivity contribution in [3.05, 3.63) is 24.0 Å². The molecule has 0 radical (unpaired) electrons. The highest BCUT2D eigenvalue weighted by Gasteiger charge is 2.19. The number of amides is 1. The van der Waals surface area contributed by atoms with Crippen LogP contribution in [-0.4, -0.2) is 42.3 Å². The molecule has 0 bridgehead atoms. The third kappa shape index (κ3) is 3.67. The van der Waals surface area contributed by atoms with E-state index in [1.165, 1.54) is 0 Å². The van der Waals surface area contributed by atoms with Crippen LogP contribution in [0.5, 0.6) is 5.75 Å². The van der Waals surface area contributed by atoms with Gasteiger partial charge in [0.15, 0.2) is 5.75 Å². The Hall–Kier alpha value is -1.62. The molecule has 1 saturated heterocycles. The van der Waals surface area contributed by atoms with E-state index in [-0.39, 0.29) is 11.5 Å². The van der Waals surface area contributed by atoms with Gasteiger partial charge in [0.25, 0.3) is 0 Å². The van der Waals surface area contributed by atoms with E-state index in [4.69, 9.17) is 9.47 Å². The fourth-order valence-electron chi connectivity index (χ4n) is 1.80. The largest absolute Gasteiger partial charge is 0.415 e. The predicted octanol–water partition coefficient (Wildman–Crippen LogP) is 2.21. The van der Waals surface area contributed by atoms with Crippen LogP contribution in [-0.2, 0) is 10.2 Å². The fourth-order valence-corrected chi connectivity index (χ4v) is 1.80. The van der Waals surface area contributed by atoms with Gasteiger partial charge in [-0.2, -0.15) is 0 Å². The SMILES string of the molecule is CC(C)(C)c1ccc(OC(=O)N2CCOCC2)cn1. The Morgan fingerprint density at radius 1 is 1.32 bits per heavy atom. The average Bonchev–Trinajstić information content (AvgIpc) is 2.39.